The lowest BCUT2D eigenvalue weighted by atomic mass is 9.95. The van der Waals surface area contributed by atoms with Crippen LogP contribution in [0.1, 0.15) is 6.92 Å². The molecule has 2 rings (SSSR count). The summed E-state index contributed by atoms with van der Waals surface area (Å²) in [5.41, 5.74) is 1.25. The average Bonchev–Trinajstić information content (AvgIpc) is 2.55. The Bertz CT molecular complexity index is 212. The van der Waals surface area contributed by atoms with Crippen LogP contribution in [-0.4, -0.2) is 19.4 Å². The van der Waals surface area contributed by atoms with Crippen LogP contribution in [0.3, 0.4) is 0 Å². The van der Waals surface area contributed by atoms with Gasteiger partial charge in [0.05, 0.1) is 0 Å². The van der Waals surface area contributed by atoms with Gasteiger partial charge in [-0.05, 0) is 12.5 Å². The first-order valence-corrected chi connectivity index (χ1v) is 4.16. The van der Waals surface area contributed by atoms with Gasteiger partial charge in [-0.3, -0.25) is 5.32 Å². The monoisotopic (exact) mass is 187 g/mol. The maximum Gasteiger partial charge on any atom is 0.191 e. The summed E-state index contributed by atoms with van der Waals surface area (Å²) in [6, 6.07) is 0. The van der Waals surface area contributed by atoms with Crippen molar-refractivity contribution in [2.45, 2.75) is 6.92 Å². The predicted molar refractivity (Wildman–Crippen MR) is 44.0 cm³/mol. The molecule has 1 fully saturated rings. The second-order valence-corrected chi connectivity index (χ2v) is 3.30. The molecule has 0 aromatic carbocycles. The summed E-state index contributed by atoms with van der Waals surface area (Å²) in [6.45, 7) is 4.51. The van der Waals surface area contributed by atoms with Gasteiger partial charge >= 0.3 is 0 Å². The van der Waals surface area contributed by atoms with E-state index in [0.29, 0.717) is 5.92 Å². The molecule has 0 amide bonds. The molecule has 0 spiro atoms. The van der Waals surface area contributed by atoms with Gasteiger partial charge in [0.25, 0.3) is 0 Å². The van der Waals surface area contributed by atoms with Crippen molar-refractivity contribution in [3.8, 4) is 0 Å². The fourth-order valence-corrected chi connectivity index (χ4v) is 1.74. The number of aliphatic imine (C=N–C) groups is 1. The maximum absolute atomic E-state index is 4.31. The van der Waals surface area contributed by atoms with Crippen LogP contribution < -0.4 is 23.0 Å². The molecular weight excluding hydrogens is 174 g/mol. The van der Waals surface area contributed by atoms with Crippen molar-refractivity contribution in [2.75, 3.05) is 13.1 Å². The lowest BCUT2D eigenvalue weighted by Gasteiger charge is -2.10. The van der Waals surface area contributed by atoms with E-state index < -0.39 is 0 Å². The lowest BCUT2D eigenvalue weighted by molar-refractivity contribution is -0.447. The first-order chi connectivity index (χ1) is 5.38. The van der Waals surface area contributed by atoms with E-state index in [1.807, 2.05) is 11.7 Å². The summed E-state index contributed by atoms with van der Waals surface area (Å²) < 4.78 is 0. The van der Waals surface area contributed by atoms with Crippen LogP contribution in [0.15, 0.2) is 16.9 Å². The van der Waals surface area contributed by atoms with E-state index >= 15 is 0 Å². The Balaban J connectivity index is 0.000000720. The number of quaternary nitrogens is 1. The van der Waals surface area contributed by atoms with E-state index in [1.165, 1.54) is 5.70 Å². The molecule has 2 aliphatic heterocycles. The van der Waals surface area contributed by atoms with Gasteiger partial charge < -0.3 is 17.7 Å². The number of nitrogens with zero attached hydrogens (tertiary/aromatic N) is 1. The second-order valence-electron chi connectivity index (χ2n) is 3.30. The Kier molecular flexibility index (Phi) is 3.26. The highest BCUT2D eigenvalue weighted by molar-refractivity contribution is 5.48. The van der Waals surface area contributed by atoms with E-state index in [9.17, 15) is 0 Å². The van der Waals surface area contributed by atoms with Crippen LogP contribution in [0.2, 0.25) is 0 Å². The molecule has 12 heavy (non-hydrogen) atoms. The molecule has 0 unspecified atom stereocenters. The standard InChI is InChI=1S/C8H13N3.ClH/c1-6-2-9-3-7(6)8-4-10-5-11-8;/h4-7,9H,2-3H2,1H3,(H,10,11);1H/t6-,7-;/m0./s1. The molecule has 68 valence electrons. The van der Waals surface area contributed by atoms with E-state index in [-0.39, 0.29) is 12.4 Å². The third-order valence-electron chi connectivity index (χ3n) is 2.47. The second kappa shape index (κ2) is 4.03. The fraction of sp³-hybridized carbons (Fsp3) is 0.625. The van der Waals surface area contributed by atoms with Crippen molar-refractivity contribution in [3.05, 3.63) is 11.9 Å². The van der Waals surface area contributed by atoms with Crippen LogP contribution in [0.25, 0.3) is 0 Å². The van der Waals surface area contributed by atoms with Crippen molar-refractivity contribution in [1.82, 2.24) is 5.32 Å². The molecule has 2 atom stereocenters. The normalized spacial score (nSPS) is 33.2. The number of hydrogen-bond acceptors (Lipinski definition) is 2. The van der Waals surface area contributed by atoms with E-state index in [4.69, 9.17) is 0 Å². The topological polar surface area (TPSA) is 41.0 Å². The molecule has 0 aromatic heterocycles. The van der Waals surface area contributed by atoms with Gasteiger partial charge in [-0.1, -0.05) is 6.92 Å². The summed E-state index contributed by atoms with van der Waals surface area (Å²) in [4.78, 5) is 4.31. The van der Waals surface area contributed by atoms with Gasteiger partial charge in [0.15, 0.2) is 6.34 Å². The number of halogens is 1. The van der Waals surface area contributed by atoms with Crippen LogP contribution in [-0.2, 0) is 0 Å². The van der Waals surface area contributed by atoms with E-state index in [0.717, 1.165) is 19.0 Å². The Labute approximate surface area is 78.7 Å². The van der Waals surface area contributed by atoms with Gasteiger partial charge in [0, 0.05) is 12.5 Å². The molecule has 4 heteroatoms. The molecule has 2 aliphatic rings. The smallest absolute Gasteiger partial charge is 0.191 e. The largest absolute Gasteiger partial charge is 1.00 e. The molecule has 3 N–H and O–H groups in total. The summed E-state index contributed by atoms with van der Waals surface area (Å²) in [5.74, 6) is 1.38. The molecule has 0 aromatic rings. The van der Waals surface area contributed by atoms with Crippen LogP contribution in [0.4, 0.5) is 0 Å². The summed E-state index contributed by atoms with van der Waals surface area (Å²) in [5, 5.41) is 5.38. The molecule has 2 heterocycles. The molecular formula is C8H14ClN3. The third kappa shape index (κ3) is 1.68. The zero-order chi connectivity index (χ0) is 7.68. The molecule has 0 bridgehead atoms. The minimum Gasteiger partial charge on any atom is -1.00 e. The van der Waals surface area contributed by atoms with Gasteiger partial charge in [0.1, 0.15) is 11.9 Å². The Morgan fingerprint density at radius 1 is 1.58 bits per heavy atom. The lowest BCUT2D eigenvalue weighted by Crippen LogP contribution is -3.00. The summed E-state index contributed by atoms with van der Waals surface area (Å²) >= 11 is 0. The number of rotatable bonds is 1. The van der Waals surface area contributed by atoms with Gasteiger partial charge in [-0.15, -0.1) is 0 Å². The van der Waals surface area contributed by atoms with Crippen molar-refractivity contribution < 1.29 is 17.7 Å². The van der Waals surface area contributed by atoms with Crippen molar-refractivity contribution in [1.29, 1.82) is 0 Å². The SMILES string of the molecule is C[C@H]1CNC[C@@H]1C1=C[NH2+]C=N1.[Cl-]. The van der Waals surface area contributed by atoms with Crippen molar-refractivity contribution in [2.24, 2.45) is 16.8 Å². The Morgan fingerprint density at radius 2 is 2.42 bits per heavy atom. The molecule has 0 radical (unpaired) electrons. The quantitative estimate of drug-likeness (QED) is 0.436. The minimum absolute atomic E-state index is 0. The first-order valence-electron chi connectivity index (χ1n) is 4.16. The molecule has 3 nitrogen and oxygen atoms in total. The highest BCUT2D eigenvalue weighted by Crippen LogP contribution is 2.24. The molecule has 1 saturated heterocycles. The number of nitrogens with one attached hydrogen (secondary N) is 1. The Hall–Kier alpha value is -0.380. The molecule has 0 aliphatic carbocycles. The first kappa shape index (κ1) is 9.71. The third-order valence-corrected chi connectivity index (χ3v) is 2.47. The highest BCUT2D eigenvalue weighted by atomic mass is 35.5. The minimum atomic E-state index is 0. The van der Waals surface area contributed by atoms with E-state index in [1.54, 1.807) is 0 Å². The van der Waals surface area contributed by atoms with Gasteiger partial charge in [0.2, 0.25) is 0 Å². The summed E-state index contributed by atoms with van der Waals surface area (Å²) in [6.07, 6.45) is 3.99. The summed E-state index contributed by atoms with van der Waals surface area (Å²) in [7, 11) is 0. The predicted octanol–water partition coefficient (Wildman–Crippen LogP) is -3.71. The van der Waals surface area contributed by atoms with Crippen LogP contribution in [0.5, 0.6) is 0 Å². The van der Waals surface area contributed by atoms with Gasteiger partial charge in [-0.2, -0.15) is 0 Å². The van der Waals surface area contributed by atoms with E-state index in [2.05, 4.69) is 23.4 Å². The van der Waals surface area contributed by atoms with Crippen LogP contribution >= 0.6 is 0 Å². The van der Waals surface area contributed by atoms with Crippen LogP contribution in [0, 0.1) is 11.8 Å². The number of hydrogen-bond donors (Lipinski definition) is 2. The maximum atomic E-state index is 4.31. The molecule has 0 saturated carbocycles. The number of nitrogens with two attached hydrogens (primary N) is 1. The fourth-order valence-electron chi connectivity index (χ4n) is 1.74. The van der Waals surface area contributed by atoms with Crippen molar-refractivity contribution in [3.63, 3.8) is 0 Å². The zero-order valence-electron chi connectivity index (χ0n) is 7.13. The van der Waals surface area contributed by atoms with Gasteiger partial charge in [-0.25, -0.2) is 4.99 Å². The average molecular weight is 188 g/mol. The Morgan fingerprint density at radius 3 is 2.92 bits per heavy atom. The highest BCUT2D eigenvalue weighted by Gasteiger charge is 2.28. The van der Waals surface area contributed by atoms with Crippen molar-refractivity contribution >= 4 is 6.34 Å². The zero-order valence-corrected chi connectivity index (χ0v) is 7.88.